The number of ether oxygens (including phenoxy) is 2. The summed E-state index contributed by atoms with van der Waals surface area (Å²) in [7, 11) is 1.57. The monoisotopic (exact) mass is 371 g/mol. The van der Waals surface area contributed by atoms with E-state index >= 15 is 0 Å². The van der Waals surface area contributed by atoms with E-state index in [1.165, 1.54) is 11.3 Å². The van der Waals surface area contributed by atoms with Crippen LogP contribution in [0, 0.1) is 0 Å². The quantitative estimate of drug-likeness (QED) is 0.696. The van der Waals surface area contributed by atoms with Gasteiger partial charge in [-0.2, -0.15) is 5.10 Å². The number of amides is 1. The summed E-state index contributed by atoms with van der Waals surface area (Å²) in [6, 6.07) is 5.42. The van der Waals surface area contributed by atoms with Gasteiger partial charge < -0.3 is 14.4 Å². The molecule has 1 fully saturated rings. The van der Waals surface area contributed by atoms with Crippen molar-refractivity contribution < 1.29 is 14.3 Å². The van der Waals surface area contributed by atoms with E-state index in [0.29, 0.717) is 37.9 Å². The molecule has 1 amide bonds. The maximum Gasteiger partial charge on any atom is 0.274 e. The van der Waals surface area contributed by atoms with Crippen LogP contribution in [0.2, 0.25) is 0 Å². The van der Waals surface area contributed by atoms with Gasteiger partial charge in [-0.15, -0.1) is 11.3 Å². The third kappa shape index (κ3) is 3.18. The molecule has 4 heterocycles. The van der Waals surface area contributed by atoms with Crippen molar-refractivity contribution in [3.05, 3.63) is 41.8 Å². The van der Waals surface area contributed by atoms with E-state index in [-0.39, 0.29) is 5.91 Å². The summed E-state index contributed by atoms with van der Waals surface area (Å²) < 4.78 is 12.1. The van der Waals surface area contributed by atoms with Gasteiger partial charge in [-0.3, -0.25) is 9.78 Å². The topological polar surface area (TPSA) is 82.4 Å². The number of aromatic nitrogens is 4. The smallest absolute Gasteiger partial charge is 0.274 e. The number of morpholine rings is 1. The molecule has 0 aromatic carbocycles. The number of pyridine rings is 1. The summed E-state index contributed by atoms with van der Waals surface area (Å²) in [6.07, 6.45) is 3.43. The van der Waals surface area contributed by atoms with Gasteiger partial charge >= 0.3 is 0 Å². The fraction of sp³-hybridized carbons (Fsp3) is 0.294. The first-order valence-electron chi connectivity index (χ1n) is 8.12. The van der Waals surface area contributed by atoms with Crippen LogP contribution in [0.1, 0.15) is 10.5 Å². The van der Waals surface area contributed by atoms with Crippen LogP contribution >= 0.6 is 11.3 Å². The zero-order valence-electron chi connectivity index (χ0n) is 14.2. The second-order valence-electron chi connectivity index (χ2n) is 5.66. The van der Waals surface area contributed by atoms with Crippen molar-refractivity contribution in [3.63, 3.8) is 0 Å². The van der Waals surface area contributed by atoms with E-state index in [4.69, 9.17) is 9.47 Å². The summed E-state index contributed by atoms with van der Waals surface area (Å²) in [4.78, 5) is 23.9. The Kier molecular flexibility index (Phi) is 4.63. The zero-order chi connectivity index (χ0) is 17.9. The number of thiazole rings is 1. The third-order valence-corrected chi connectivity index (χ3v) is 4.88. The van der Waals surface area contributed by atoms with Gasteiger partial charge in [0.25, 0.3) is 5.91 Å². The highest BCUT2D eigenvalue weighted by molar-refractivity contribution is 7.13. The van der Waals surface area contributed by atoms with Gasteiger partial charge in [0, 0.05) is 25.4 Å². The van der Waals surface area contributed by atoms with E-state index < -0.39 is 0 Å². The average Bonchev–Trinajstić information content (AvgIpc) is 3.38. The Morgan fingerprint density at radius 3 is 2.77 bits per heavy atom. The molecule has 1 aliphatic rings. The molecule has 8 nitrogen and oxygen atoms in total. The van der Waals surface area contributed by atoms with Crippen LogP contribution in [0.15, 0.2) is 36.1 Å². The summed E-state index contributed by atoms with van der Waals surface area (Å²) >= 11 is 1.49. The number of hydrogen-bond donors (Lipinski definition) is 0. The third-order valence-electron chi connectivity index (χ3n) is 4.09. The Bertz CT molecular complexity index is 886. The number of carbonyl (C=O) groups is 1. The van der Waals surface area contributed by atoms with Crippen molar-refractivity contribution in [2.24, 2.45) is 0 Å². The summed E-state index contributed by atoms with van der Waals surface area (Å²) in [5, 5.41) is 4.55. The molecule has 0 radical (unpaired) electrons. The Morgan fingerprint density at radius 1 is 1.27 bits per heavy atom. The van der Waals surface area contributed by atoms with E-state index in [1.54, 1.807) is 46.7 Å². The molecule has 26 heavy (non-hydrogen) atoms. The normalized spacial score (nSPS) is 14.4. The summed E-state index contributed by atoms with van der Waals surface area (Å²) in [6.45, 7) is 2.25. The number of nitrogens with zero attached hydrogens (tertiary/aromatic N) is 5. The molecule has 0 atom stereocenters. The molecule has 3 aromatic rings. The molecule has 0 bridgehead atoms. The number of rotatable bonds is 4. The van der Waals surface area contributed by atoms with E-state index in [0.717, 1.165) is 16.3 Å². The van der Waals surface area contributed by atoms with Crippen LogP contribution in [0.5, 0.6) is 5.88 Å². The first kappa shape index (κ1) is 16.7. The molecular weight excluding hydrogens is 354 g/mol. The minimum Gasteiger partial charge on any atom is -0.481 e. The molecule has 0 N–H and O–H groups in total. The van der Waals surface area contributed by atoms with Crippen LogP contribution in [0.3, 0.4) is 0 Å². The average molecular weight is 371 g/mol. The highest BCUT2D eigenvalue weighted by Crippen LogP contribution is 2.27. The Morgan fingerprint density at radius 2 is 2.12 bits per heavy atom. The van der Waals surface area contributed by atoms with Crippen LogP contribution in [0.25, 0.3) is 16.3 Å². The molecule has 0 unspecified atom stereocenters. The van der Waals surface area contributed by atoms with Crippen LogP contribution in [-0.2, 0) is 4.74 Å². The molecule has 1 aliphatic heterocycles. The molecular formula is C17H17N5O3S. The number of hydrogen-bond acceptors (Lipinski definition) is 7. The lowest BCUT2D eigenvalue weighted by Gasteiger charge is -2.25. The first-order chi connectivity index (χ1) is 12.8. The maximum absolute atomic E-state index is 12.8. The molecule has 0 aliphatic carbocycles. The highest BCUT2D eigenvalue weighted by atomic mass is 32.1. The van der Waals surface area contributed by atoms with Gasteiger partial charge in [-0.05, 0) is 12.1 Å². The Hall–Kier alpha value is -2.78. The van der Waals surface area contributed by atoms with Crippen molar-refractivity contribution in [1.82, 2.24) is 24.6 Å². The minimum atomic E-state index is -0.0979. The molecule has 0 spiro atoms. The summed E-state index contributed by atoms with van der Waals surface area (Å²) in [5.41, 5.74) is 3.69. The van der Waals surface area contributed by atoms with Crippen LogP contribution < -0.4 is 4.74 Å². The molecule has 1 saturated heterocycles. The fourth-order valence-corrected chi connectivity index (χ4v) is 3.37. The van der Waals surface area contributed by atoms with Gasteiger partial charge in [0.05, 0.1) is 48.3 Å². The molecule has 9 heteroatoms. The van der Waals surface area contributed by atoms with Gasteiger partial charge in [0.1, 0.15) is 0 Å². The molecule has 4 rings (SSSR count). The fourth-order valence-electron chi connectivity index (χ4n) is 2.75. The van der Waals surface area contributed by atoms with Gasteiger partial charge in [-0.1, -0.05) is 0 Å². The zero-order valence-corrected chi connectivity index (χ0v) is 15.0. The first-order valence-corrected chi connectivity index (χ1v) is 9.00. The molecule has 134 valence electrons. The SMILES string of the molecule is COc1ccc(-n2nc(C(=O)N3CCOCC3)cc2-c2cncs2)cn1. The number of carbonyl (C=O) groups excluding carboxylic acids is 1. The van der Waals surface area contributed by atoms with E-state index in [9.17, 15) is 4.79 Å². The Labute approximate surface area is 154 Å². The van der Waals surface area contributed by atoms with Crippen LogP contribution in [-0.4, -0.2) is 64.0 Å². The second kappa shape index (κ2) is 7.22. The van der Waals surface area contributed by atoms with Crippen molar-refractivity contribution in [2.75, 3.05) is 33.4 Å². The second-order valence-corrected chi connectivity index (χ2v) is 6.54. The van der Waals surface area contributed by atoms with Crippen molar-refractivity contribution in [1.29, 1.82) is 0 Å². The van der Waals surface area contributed by atoms with Gasteiger partial charge in [0.2, 0.25) is 5.88 Å². The standard InChI is InChI=1S/C17H17N5O3S/c1-24-16-3-2-12(9-19-16)22-14(15-10-18-11-26-15)8-13(20-22)17(23)21-4-6-25-7-5-21/h2-3,8-11H,4-7H2,1H3. The predicted octanol–water partition coefficient (Wildman–Crippen LogP) is 1.87. The lowest BCUT2D eigenvalue weighted by Crippen LogP contribution is -2.40. The maximum atomic E-state index is 12.8. The van der Waals surface area contributed by atoms with Crippen LogP contribution in [0.4, 0.5) is 0 Å². The van der Waals surface area contributed by atoms with Crippen molar-refractivity contribution in [3.8, 4) is 22.1 Å². The van der Waals surface area contributed by atoms with Gasteiger partial charge in [0.15, 0.2) is 5.69 Å². The van der Waals surface area contributed by atoms with Crippen molar-refractivity contribution in [2.45, 2.75) is 0 Å². The van der Waals surface area contributed by atoms with Gasteiger partial charge in [-0.25, -0.2) is 9.67 Å². The molecule has 0 saturated carbocycles. The van der Waals surface area contributed by atoms with E-state index in [2.05, 4.69) is 15.1 Å². The lowest BCUT2D eigenvalue weighted by atomic mass is 10.3. The summed E-state index contributed by atoms with van der Waals surface area (Å²) in [5.74, 6) is 0.421. The Balaban J connectivity index is 1.74. The largest absolute Gasteiger partial charge is 0.481 e. The highest BCUT2D eigenvalue weighted by Gasteiger charge is 2.23. The van der Waals surface area contributed by atoms with E-state index in [1.807, 2.05) is 6.07 Å². The lowest BCUT2D eigenvalue weighted by molar-refractivity contribution is 0.0298. The minimum absolute atomic E-state index is 0.0979. The molecule has 3 aromatic heterocycles. The van der Waals surface area contributed by atoms with Crippen molar-refractivity contribution >= 4 is 17.2 Å². The number of methoxy groups -OCH3 is 1. The predicted molar refractivity (Wildman–Crippen MR) is 95.7 cm³/mol.